The fourth-order valence-electron chi connectivity index (χ4n) is 3.46. The highest BCUT2D eigenvalue weighted by Crippen LogP contribution is 2.34. The molecular weight excluding hydrogens is 422 g/mol. The van der Waals surface area contributed by atoms with Crippen molar-refractivity contribution >= 4 is 28.8 Å². The molecule has 0 radical (unpaired) electrons. The Morgan fingerprint density at radius 3 is 2.73 bits per heavy atom. The van der Waals surface area contributed by atoms with Crippen molar-refractivity contribution in [1.29, 1.82) is 5.41 Å². The smallest absolute Gasteiger partial charge is 0.247 e. The van der Waals surface area contributed by atoms with E-state index in [1.165, 1.54) is 18.7 Å². The predicted octanol–water partition coefficient (Wildman–Crippen LogP) is 2.34. The monoisotopic (exact) mass is 451 g/mol. The van der Waals surface area contributed by atoms with Gasteiger partial charge in [0.15, 0.2) is 0 Å². The number of nitrogens with one attached hydrogen (secondary N) is 4. The summed E-state index contributed by atoms with van der Waals surface area (Å²) < 4.78 is 5.39. The van der Waals surface area contributed by atoms with Gasteiger partial charge in [0.2, 0.25) is 5.91 Å². The Hall–Kier alpha value is -4.02. The second-order valence-electron chi connectivity index (χ2n) is 7.34. The third-order valence-corrected chi connectivity index (χ3v) is 5.09. The van der Waals surface area contributed by atoms with Gasteiger partial charge in [-0.2, -0.15) is 0 Å². The van der Waals surface area contributed by atoms with E-state index in [-0.39, 0.29) is 11.9 Å². The van der Waals surface area contributed by atoms with Crippen molar-refractivity contribution in [2.45, 2.75) is 18.9 Å². The first-order chi connectivity index (χ1) is 15.9. The lowest BCUT2D eigenvalue weighted by atomic mass is 10.0. The number of nitrogen functional groups attached to an aromatic ring is 1. The highest BCUT2D eigenvalue weighted by molar-refractivity contribution is 6.01. The van der Waals surface area contributed by atoms with Crippen molar-refractivity contribution in [3.05, 3.63) is 72.6 Å². The molecule has 10 heteroatoms. The Bertz CT molecular complexity index is 1040. The van der Waals surface area contributed by atoms with Crippen LogP contribution in [0, 0.1) is 5.41 Å². The van der Waals surface area contributed by atoms with E-state index in [0.29, 0.717) is 35.2 Å². The van der Waals surface area contributed by atoms with Crippen LogP contribution in [0.3, 0.4) is 0 Å². The fraction of sp³-hybridized carbons (Fsp3) is 0.217. The number of nitrogens with zero attached hydrogens (tertiary/aromatic N) is 1. The zero-order valence-corrected chi connectivity index (χ0v) is 18.4. The Morgan fingerprint density at radius 2 is 2.06 bits per heavy atom. The largest absolute Gasteiger partial charge is 0.494 e. The summed E-state index contributed by atoms with van der Waals surface area (Å²) in [5, 5.41) is 15.8. The maximum absolute atomic E-state index is 11.7. The van der Waals surface area contributed by atoms with Gasteiger partial charge in [-0.25, -0.2) is 10.9 Å². The van der Waals surface area contributed by atoms with Crippen LogP contribution in [-0.4, -0.2) is 36.6 Å². The van der Waals surface area contributed by atoms with Gasteiger partial charge < -0.3 is 26.5 Å². The van der Waals surface area contributed by atoms with Gasteiger partial charge in [-0.05, 0) is 30.5 Å². The van der Waals surface area contributed by atoms with Crippen molar-refractivity contribution in [2.24, 2.45) is 5.84 Å². The summed E-state index contributed by atoms with van der Waals surface area (Å²) in [5.74, 6) is 6.18. The molecule has 10 nitrogen and oxygen atoms in total. The topological polar surface area (TPSA) is 151 Å². The number of benzene rings is 2. The number of methoxy groups -OCH3 is 1. The first-order valence-corrected chi connectivity index (χ1v) is 10.4. The summed E-state index contributed by atoms with van der Waals surface area (Å²) in [5.41, 5.74) is 10.9. The minimum atomic E-state index is -0.400. The molecule has 1 aliphatic heterocycles. The van der Waals surface area contributed by atoms with Gasteiger partial charge in [-0.15, -0.1) is 0 Å². The molecule has 1 aliphatic rings. The van der Waals surface area contributed by atoms with Crippen LogP contribution >= 0.6 is 0 Å². The second kappa shape index (κ2) is 11.0. The number of carbonyl (C=O) groups excluding carboxylic acids is 1. The average molecular weight is 452 g/mol. The lowest BCUT2D eigenvalue weighted by Gasteiger charge is -2.24. The molecule has 2 aromatic rings. The molecule has 2 aromatic carbocycles. The number of anilines is 3. The van der Waals surface area contributed by atoms with Crippen molar-refractivity contribution in [3.8, 4) is 5.75 Å². The third-order valence-electron chi connectivity index (χ3n) is 5.09. The molecule has 0 spiro atoms. The van der Waals surface area contributed by atoms with Crippen LogP contribution in [0.2, 0.25) is 0 Å². The Morgan fingerprint density at radius 1 is 1.30 bits per heavy atom. The fourth-order valence-corrected chi connectivity index (χ4v) is 3.46. The normalized spacial score (nSPS) is 15.6. The van der Waals surface area contributed by atoms with Gasteiger partial charge in [0.1, 0.15) is 17.4 Å². The van der Waals surface area contributed by atoms with Crippen LogP contribution in [0.15, 0.2) is 67.0 Å². The van der Waals surface area contributed by atoms with Crippen LogP contribution in [0.25, 0.3) is 0 Å². The molecule has 1 amide bonds. The lowest BCUT2D eigenvalue weighted by Crippen LogP contribution is -2.36. The molecule has 0 aliphatic carbocycles. The summed E-state index contributed by atoms with van der Waals surface area (Å²) >= 11 is 0. The standard InChI is InChI=1S/C23H29N7O3/c1-3-23(31)28-18-13-19(20(32-2)12-17(18)24)27-22(29-26)14-21(25)30-16(9-10-33-30)11-15-7-5-4-6-8-15/h3-8,12-14,16,25,27,29H,1,9-11,24,26H2,2H3,(H,28,31)/b22-14-,25-21?/t16-/m1/s1. The van der Waals surface area contributed by atoms with E-state index in [4.69, 9.17) is 26.6 Å². The van der Waals surface area contributed by atoms with E-state index in [0.717, 1.165) is 18.9 Å². The number of hydrogen-bond acceptors (Lipinski definition) is 8. The van der Waals surface area contributed by atoms with Crippen LogP contribution in [0.5, 0.6) is 5.75 Å². The summed E-state index contributed by atoms with van der Waals surface area (Å²) in [6, 6.07) is 13.3. The molecule has 1 heterocycles. The number of amidine groups is 1. The van der Waals surface area contributed by atoms with Crippen LogP contribution < -0.4 is 32.4 Å². The van der Waals surface area contributed by atoms with Crippen LogP contribution in [-0.2, 0) is 16.1 Å². The quantitative estimate of drug-likeness (QED) is 0.0849. The van der Waals surface area contributed by atoms with Gasteiger partial charge >= 0.3 is 0 Å². The van der Waals surface area contributed by atoms with Crippen LogP contribution in [0.1, 0.15) is 12.0 Å². The molecule has 174 valence electrons. The number of rotatable bonds is 9. The van der Waals surface area contributed by atoms with E-state index < -0.39 is 5.91 Å². The zero-order valence-electron chi connectivity index (χ0n) is 18.4. The van der Waals surface area contributed by atoms with Gasteiger partial charge in [-0.1, -0.05) is 36.9 Å². The van der Waals surface area contributed by atoms with Crippen LogP contribution in [0.4, 0.5) is 17.1 Å². The number of hydrazine groups is 1. The summed E-state index contributed by atoms with van der Waals surface area (Å²) in [6.45, 7) is 3.97. The summed E-state index contributed by atoms with van der Waals surface area (Å²) in [7, 11) is 1.50. The first kappa shape index (κ1) is 23.6. The Balaban J connectivity index is 1.78. The van der Waals surface area contributed by atoms with Crippen molar-refractivity contribution in [3.63, 3.8) is 0 Å². The molecule has 1 fully saturated rings. The van der Waals surface area contributed by atoms with Gasteiger partial charge in [-0.3, -0.25) is 15.0 Å². The number of amides is 1. The molecule has 0 bridgehead atoms. The molecular formula is C23H29N7O3. The molecule has 0 aromatic heterocycles. The molecule has 0 unspecified atom stereocenters. The predicted molar refractivity (Wildman–Crippen MR) is 129 cm³/mol. The molecule has 1 saturated heterocycles. The molecule has 3 rings (SSSR count). The summed E-state index contributed by atoms with van der Waals surface area (Å²) in [6.07, 6.45) is 4.23. The molecule has 8 N–H and O–H groups in total. The zero-order chi connectivity index (χ0) is 23.8. The second-order valence-corrected chi connectivity index (χ2v) is 7.34. The molecule has 33 heavy (non-hydrogen) atoms. The highest BCUT2D eigenvalue weighted by Gasteiger charge is 2.28. The van der Waals surface area contributed by atoms with E-state index in [9.17, 15) is 4.79 Å². The SMILES string of the molecule is C=CC(=O)Nc1cc(N/C(=C/C(=N)N2OCC[C@@H]2Cc2ccccc2)NN)c(OC)cc1N. The van der Waals surface area contributed by atoms with Gasteiger partial charge in [0.05, 0.1) is 36.8 Å². The number of carbonyl (C=O) groups is 1. The molecule has 1 atom stereocenters. The van der Waals surface area contributed by atoms with Gasteiger partial charge in [0.25, 0.3) is 0 Å². The molecule has 0 saturated carbocycles. The summed E-state index contributed by atoms with van der Waals surface area (Å²) in [4.78, 5) is 17.4. The number of hydrogen-bond donors (Lipinski definition) is 6. The van der Waals surface area contributed by atoms with Gasteiger partial charge in [0, 0.05) is 12.1 Å². The Kier molecular flexibility index (Phi) is 7.90. The number of hydroxylamine groups is 2. The maximum atomic E-state index is 11.7. The highest BCUT2D eigenvalue weighted by atomic mass is 16.7. The van der Waals surface area contributed by atoms with Crippen molar-refractivity contribution in [1.82, 2.24) is 10.5 Å². The minimum Gasteiger partial charge on any atom is -0.494 e. The third kappa shape index (κ3) is 6.03. The van der Waals surface area contributed by atoms with E-state index in [1.807, 2.05) is 18.2 Å². The minimum absolute atomic E-state index is 0.0296. The van der Waals surface area contributed by atoms with E-state index in [1.54, 1.807) is 17.2 Å². The number of ether oxygens (including phenoxy) is 1. The Labute approximate surface area is 192 Å². The van der Waals surface area contributed by atoms with E-state index >= 15 is 0 Å². The average Bonchev–Trinajstić information content (AvgIpc) is 3.29. The lowest BCUT2D eigenvalue weighted by molar-refractivity contribution is -0.111. The first-order valence-electron chi connectivity index (χ1n) is 10.4. The maximum Gasteiger partial charge on any atom is 0.247 e. The van der Waals surface area contributed by atoms with E-state index in [2.05, 4.69) is 34.8 Å². The van der Waals surface area contributed by atoms with Crippen molar-refractivity contribution in [2.75, 3.05) is 30.1 Å². The van der Waals surface area contributed by atoms with Crippen molar-refractivity contribution < 1.29 is 14.4 Å². The number of nitrogens with two attached hydrogens (primary N) is 2.